The minimum atomic E-state index is -1.23. The Morgan fingerprint density at radius 1 is 0.941 bits per heavy atom. The molecule has 1 atom stereocenters. The van der Waals surface area contributed by atoms with Gasteiger partial charge in [0, 0.05) is 6.07 Å². The van der Waals surface area contributed by atoms with E-state index in [4.69, 9.17) is 9.47 Å². The van der Waals surface area contributed by atoms with Crippen LogP contribution in [0.3, 0.4) is 0 Å². The van der Waals surface area contributed by atoms with Gasteiger partial charge in [0.1, 0.15) is 34.5 Å². The fourth-order valence-corrected chi connectivity index (χ4v) is 4.13. The van der Waals surface area contributed by atoms with Crippen molar-refractivity contribution in [3.8, 4) is 11.5 Å². The zero-order valence-corrected chi connectivity index (χ0v) is 18.6. The first-order valence-corrected chi connectivity index (χ1v) is 10.3. The largest absolute Gasteiger partial charge is 0.506 e. The molecule has 1 aliphatic rings. The van der Waals surface area contributed by atoms with E-state index in [-0.39, 0.29) is 22.6 Å². The first kappa shape index (κ1) is 23.0. The van der Waals surface area contributed by atoms with Gasteiger partial charge in [-0.05, 0) is 36.8 Å². The van der Waals surface area contributed by atoms with E-state index in [2.05, 4.69) is 0 Å². The second kappa shape index (κ2) is 8.97. The molecule has 1 saturated heterocycles. The molecule has 1 unspecified atom stereocenters. The summed E-state index contributed by atoms with van der Waals surface area (Å²) in [6.45, 7) is 1.81. The predicted molar refractivity (Wildman–Crippen MR) is 122 cm³/mol. The van der Waals surface area contributed by atoms with Gasteiger partial charge in [0.05, 0.1) is 31.5 Å². The number of methoxy groups -OCH3 is 2. The average Bonchev–Trinajstić information content (AvgIpc) is 3.10. The predicted octanol–water partition coefficient (Wildman–Crippen LogP) is 4.92. The Balaban J connectivity index is 2.05. The van der Waals surface area contributed by atoms with Gasteiger partial charge in [-0.25, -0.2) is 8.78 Å². The van der Waals surface area contributed by atoms with Gasteiger partial charge in [-0.2, -0.15) is 0 Å². The van der Waals surface area contributed by atoms with Crippen LogP contribution in [0.15, 0.2) is 66.2 Å². The van der Waals surface area contributed by atoms with Crippen LogP contribution in [0, 0.1) is 18.6 Å². The number of carbonyl (C=O) groups is 2. The van der Waals surface area contributed by atoms with Crippen LogP contribution in [-0.2, 0) is 9.59 Å². The van der Waals surface area contributed by atoms with Crippen LogP contribution in [0.5, 0.6) is 11.5 Å². The maximum atomic E-state index is 14.8. The van der Waals surface area contributed by atoms with Gasteiger partial charge in [-0.15, -0.1) is 0 Å². The van der Waals surface area contributed by atoms with Crippen molar-refractivity contribution in [2.75, 3.05) is 19.1 Å². The third-order valence-electron chi connectivity index (χ3n) is 5.63. The Morgan fingerprint density at radius 3 is 2.21 bits per heavy atom. The Morgan fingerprint density at radius 2 is 1.59 bits per heavy atom. The average molecular weight is 465 g/mol. The summed E-state index contributed by atoms with van der Waals surface area (Å²) < 4.78 is 39.5. The van der Waals surface area contributed by atoms with Gasteiger partial charge < -0.3 is 14.6 Å². The fourth-order valence-electron chi connectivity index (χ4n) is 4.13. The van der Waals surface area contributed by atoms with E-state index in [0.717, 1.165) is 28.7 Å². The van der Waals surface area contributed by atoms with Crippen LogP contribution < -0.4 is 14.4 Å². The number of aliphatic hydroxyl groups excluding tert-OH is 1. The molecule has 8 heteroatoms. The van der Waals surface area contributed by atoms with Gasteiger partial charge in [-0.1, -0.05) is 35.9 Å². The lowest BCUT2D eigenvalue weighted by Crippen LogP contribution is -2.30. The number of nitrogens with zero attached hydrogens (tertiary/aromatic N) is 1. The maximum Gasteiger partial charge on any atom is 0.300 e. The number of rotatable bonds is 5. The molecule has 0 aliphatic carbocycles. The van der Waals surface area contributed by atoms with E-state index < -0.39 is 40.8 Å². The van der Waals surface area contributed by atoms with Crippen molar-refractivity contribution in [2.45, 2.75) is 13.0 Å². The number of hydrogen-bond donors (Lipinski definition) is 1. The summed E-state index contributed by atoms with van der Waals surface area (Å²) in [5.41, 5.74) is 0.570. The van der Waals surface area contributed by atoms with Crippen molar-refractivity contribution in [2.24, 2.45) is 0 Å². The van der Waals surface area contributed by atoms with E-state index in [1.165, 1.54) is 14.2 Å². The lowest BCUT2D eigenvalue weighted by molar-refractivity contribution is -0.132. The minimum absolute atomic E-state index is 0.0582. The number of aryl methyl sites for hydroxylation is 1. The molecule has 0 spiro atoms. The number of Topliss-reactive ketones (excluding diaryl/α,β-unsaturated/α-hetero) is 1. The van der Waals surface area contributed by atoms with E-state index >= 15 is 0 Å². The van der Waals surface area contributed by atoms with Crippen LogP contribution in [0.4, 0.5) is 14.5 Å². The summed E-state index contributed by atoms with van der Waals surface area (Å²) in [7, 11) is 2.76. The van der Waals surface area contributed by atoms with Crippen LogP contribution in [0.1, 0.15) is 22.7 Å². The second-order valence-electron chi connectivity index (χ2n) is 7.72. The smallest absolute Gasteiger partial charge is 0.300 e. The van der Waals surface area contributed by atoms with Crippen molar-refractivity contribution in [1.29, 1.82) is 0 Å². The zero-order valence-electron chi connectivity index (χ0n) is 18.6. The standard InChI is InChI=1S/C26H21F2NO5/c1-14-6-4-7-15(12-14)23-22(24(30)21-19(33-2)8-5-9-20(21)34-3)25(31)26(32)29(23)18-13-16(27)10-11-17(18)28/h4-13,23,30H,1-3H3/b24-22+. The normalized spacial score (nSPS) is 17.2. The van der Waals surface area contributed by atoms with Crippen molar-refractivity contribution in [3.05, 3.63) is 94.6 Å². The number of halogens is 2. The summed E-state index contributed by atoms with van der Waals surface area (Å²) >= 11 is 0. The van der Waals surface area contributed by atoms with Crippen molar-refractivity contribution >= 4 is 23.1 Å². The van der Waals surface area contributed by atoms with Gasteiger partial charge in [0.2, 0.25) is 0 Å². The van der Waals surface area contributed by atoms with Crippen LogP contribution >= 0.6 is 0 Å². The quantitative estimate of drug-likeness (QED) is 0.329. The minimum Gasteiger partial charge on any atom is -0.506 e. The van der Waals surface area contributed by atoms with Gasteiger partial charge in [-0.3, -0.25) is 14.5 Å². The highest BCUT2D eigenvalue weighted by atomic mass is 19.1. The molecule has 0 aromatic heterocycles. The van der Waals surface area contributed by atoms with Gasteiger partial charge >= 0.3 is 0 Å². The molecule has 1 amide bonds. The second-order valence-corrected chi connectivity index (χ2v) is 7.72. The number of amides is 1. The molecular weight excluding hydrogens is 444 g/mol. The highest BCUT2D eigenvalue weighted by molar-refractivity contribution is 6.51. The number of carbonyl (C=O) groups excluding carboxylic acids is 2. The summed E-state index contributed by atoms with van der Waals surface area (Å²) in [5, 5.41) is 11.4. The fraction of sp³-hybridized carbons (Fsp3) is 0.154. The van der Waals surface area contributed by atoms with E-state index in [1.54, 1.807) is 36.4 Å². The van der Waals surface area contributed by atoms with Crippen molar-refractivity contribution < 1.29 is 33.0 Å². The summed E-state index contributed by atoms with van der Waals surface area (Å²) in [6, 6.07) is 13.0. The number of anilines is 1. The number of aliphatic hydroxyl groups is 1. The lowest BCUT2D eigenvalue weighted by Gasteiger charge is -2.26. The van der Waals surface area contributed by atoms with E-state index in [1.807, 2.05) is 13.0 Å². The summed E-state index contributed by atoms with van der Waals surface area (Å²) in [6.07, 6.45) is 0. The molecule has 3 aromatic rings. The number of hydrogen-bond acceptors (Lipinski definition) is 5. The Kier molecular flexibility index (Phi) is 6.06. The molecule has 1 aliphatic heterocycles. The lowest BCUT2D eigenvalue weighted by atomic mass is 9.93. The third-order valence-corrected chi connectivity index (χ3v) is 5.63. The molecule has 1 heterocycles. The molecule has 3 aromatic carbocycles. The molecule has 1 fully saturated rings. The number of benzene rings is 3. The Bertz CT molecular complexity index is 1310. The topological polar surface area (TPSA) is 76.1 Å². The van der Waals surface area contributed by atoms with Crippen LogP contribution in [0.25, 0.3) is 5.76 Å². The molecule has 174 valence electrons. The van der Waals surface area contributed by atoms with Crippen molar-refractivity contribution in [3.63, 3.8) is 0 Å². The van der Waals surface area contributed by atoms with Crippen LogP contribution in [-0.4, -0.2) is 31.0 Å². The molecule has 0 bridgehead atoms. The highest BCUT2D eigenvalue weighted by Crippen LogP contribution is 2.45. The summed E-state index contributed by atoms with van der Waals surface area (Å²) in [4.78, 5) is 27.3. The molecule has 34 heavy (non-hydrogen) atoms. The monoisotopic (exact) mass is 465 g/mol. The third kappa shape index (κ3) is 3.77. The van der Waals surface area contributed by atoms with E-state index in [9.17, 15) is 23.5 Å². The molecule has 0 radical (unpaired) electrons. The highest BCUT2D eigenvalue weighted by Gasteiger charge is 2.48. The molecule has 0 saturated carbocycles. The first-order chi connectivity index (χ1) is 16.3. The molecular formula is C26H21F2NO5. The summed E-state index contributed by atoms with van der Waals surface area (Å²) in [5.74, 6) is -4.00. The molecule has 1 N–H and O–H groups in total. The van der Waals surface area contributed by atoms with Gasteiger partial charge in [0.25, 0.3) is 11.7 Å². The molecule has 6 nitrogen and oxygen atoms in total. The Hall–Kier alpha value is -4.20. The zero-order chi connectivity index (χ0) is 24.6. The number of ketones is 1. The first-order valence-electron chi connectivity index (χ1n) is 10.3. The maximum absolute atomic E-state index is 14.8. The van der Waals surface area contributed by atoms with Crippen molar-refractivity contribution in [1.82, 2.24) is 0 Å². The van der Waals surface area contributed by atoms with E-state index in [0.29, 0.717) is 5.56 Å². The SMILES string of the molecule is COc1cccc(OC)c1/C(O)=C1\C(=O)C(=O)N(c2cc(F)ccc2F)C1c1cccc(C)c1. The number of ether oxygens (including phenoxy) is 2. The molecule has 4 rings (SSSR count). The Labute approximate surface area is 194 Å². The van der Waals surface area contributed by atoms with Crippen LogP contribution in [0.2, 0.25) is 0 Å². The van der Waals surface area contributed by atoms with Gasteiger partial charge in [0.15, 0.2) is 0 Å².